The Morgan fingerprint density at radius 2 is 2.00 bits per heavy atom. The minimum absolute atomic E-state index is 0.193. The van der Waals surface area contributed by atoms with E-state index in [9.17, 15) is 4.79 Å². The topological polar surface area (TPSA) is 58.1 Å². The lowest BCUT2D eigenvalue weighted by Gasteiger charge is -2.31. The lowest BCUT2D eigenvalue weighted by atomic mass is 10.0. The predicted octanol–water partition coefficient (Wildman–Crippen LogP) is 2.95. The van der Waals surface area contributed by atoms with E-state index in [-0.39, 0.29) is 5.91 Å². The summed E-state index contributed by atoms with van der Waals surface area (Å²) in [6.45, 7) is 6.81. The molecule has 1 unspecified atom stereocenters. The van der Waals surface area contributed by atoms with E-state index in [1.807, 2.05) is 37.3 Å². The fourth-order valence-electron chi connectivity index (χ4n) is 2.99. The molecule has 2 aromatic rings. The predicted molar refractivity (Wildman–Crippen MR) is 95.0 cm³/mol. The Hall–Kier alpha value is -2.43. The molecule has 1 aliphatic heterocycles. The van der Waals surface area contributed by atoms with Crippen molar-refractivity contribution in [2.45, 2.75) is 33.2 Å². The maximum Gasteiger partial charge on any atom is 0.272 e. The van der Waals surface area contributed by atoms with E-state index in [4.69, 9.17) is 0 Å². The number of hydrogen-bond donors (Lipinski definition) is 1. The second kappa shape index (κ2) is 7.43. The number of aromatic nitrogens is 2. The zero-order chi connectivity index (χ0) is 16.9. The molecule has 0 radical (unpaired) electrons. The van der Waals surface area contributed by atoms with Gasteiger partial charge in [-0.3, -0.25) is 4.79 Å². The van der Waals surface area contributed by atoms with Gasteiger partial charge in [-0.2, -0.15) is 0 Å². The lowest BCUT2D eigenvalue weighted by Crippen LogP contribution is -2.35. The van der Waals surface area contributed by atoms with Gasteiger partial charge in [-0.05, 0) is 43.4 Å². The number of amides is 1. The van der Waals surface area contributed by atoms with E-state index in [2.05, 4.69) is 27.3 Å². The van der Waals surface area contributed by atoms with E-state index in [1.165, 1.54) is 18.4 Å². The van der Waals surface area contributed by atoms with Crippen LogP contribution in [0.2, 0.25) is 0 Å². The third kappa shape index (κ3) is 4.10. The highest BCUT2D eigenvalue weighted by Crippen LogP contribution is 2.20. The molecule has 1 saturated heterocycles. The van der Waals surface area contributed by atoms with Crippen molar-refractivity contribution in [1.82, 2.24) is 15.5 Å². The molecule has 3 rings (SSSR count). The first-order valence-corrected chi connectivity index (χ1v) is 8.54. The second-order valence-corrected chi connectivity index (χ2v) is 6.64. The first-order chi connectivity index (χ1) is 11.6. The van der Waals surface area contributed by atoms with Crippen LogP contribution in [0.5, 0.6) is 0 Å². The first-order valence-electron chi connectivity index (χ1n) is 8.54. The molecule has 1 aliphatic rings. The van der Waals surface area contributed by atoms with Gasteiger partial charge in [0.15, 0.2) is 11.5 Å². The Labute approximate surface area is 143 Å². The Bertz CT molecular complexity index is 682. The minimum Gasteiger partial charge on any atom is -0.355 e. The van der Waals surface area contributed by atoms with Crippen LogP contribution in [0.3, 0.4) is 0 Å². The summed E-state index contributed by atoms with van der Waals surface area (Å²) in [5.74, 6) is 1.34. The highest BCUT2D eigenvalue weighted by Gasteiger charge is 2.18. The number of hydrogen-bond acceptors (Lipinski definition) is 4. The van der Waals surface area contributed by atoms with Gasteiger partial charge in [0.1, 0.15) is 0 Å². The summed E-state index contributed by atoms with van der Waals surface area (Å²) in [6.07, 6.45) is 2.45. The van der Waals surface area contributed by atoms with Crippen molar-refractivity contribution < 1.29 is 4.79 Å². The number of rotatable bonds is 4. The van der Waals surface area contributed by atoms with Gasteiger partial charge in [0.2, 0.25) is 0 Å². The average Bonchev–Trinajstić information content (AvgIpc) is 2.61. The Morgan fingerprint density at radius 1 is 1.21 bits per heavy atom. The van der Waals surface area contributed by atoms with Crippen molar-refractivity contribution in [3.63, 3.8) is 0 Å². The molecule has 0 spiro atoms. The molecule has 0 saturated carbocycles. The van der Waals surface area contributed by atoms with Crippen LogP contribution in [-0.2, 0) is 6.54 Å². The largest absolute Gasteiger partial charge is 0.355 e. The lowest BCUT2D eigenvalue weighted by molar-refractivity contribution is 0.0945. The summed E-state index contributed by atoms with van der Waals surface area (Å²) >= 11 is 0. The van der Waals surface area contributed by atoms with Crippen LogP contribution in [-0.4, -0.2) is 29.2 Å². The zero-order valence-electron chi connectivity index (χ0n) is 14.3. The van der Waals surface area contributed by atoms with Gasteiger partial charge >= 0.3 is 0 Å². The van der Waals surface area contributed by atoms with E-state index < -0.39 is 0 Å². The van der Waals surface area contributed by atoms with E-state index >= 15 is 0 Å². The summed E-state index contributed by atoms with van der Waals surface area (Å²) in [6, 6.07) is 11.8. The minimum atomic E-state index is -0.193. The smallest absolute Gasteiger partial charge is 0.272 e. The van der Waals surface area contributed by atoms with Gasteiger partial charge in [-0.25, -0.2) is 0 Å². The molecule has 1 amide bonds. The summed E-state index contributed by atoms with van der Waals surface area (Å²) in [5, 5.41) is 11.2. The third-order valence-electron chi connectivity index (χ3n) is 4.44. The highest BCUT2D eigenvalue weighted by molar-refractivity contribution is 5.92. The van der Waals surface area contributed by atoms with Gasteiger partial charge in [0, 0.05) is 19.6 Å². The van der Waals surface area contributed by atoms with Crippen LogP contribution in [0.4, 0.5) is 5.82 Å². The third-order valence-corrected chi connectivity index (χ3v) is 4.44. The Balaban J connectivity index is 1.58. The molecule has 126 valence electrons. The SMILES string of the molecule is Cc1ccc(CNC(=O)c2ccc(N3CCCC(C)C3)nn2)cc1. The molecule has 5 heteroatoms. The van der Waals surface area contributed by atoms with Crippen molar-refractivity contribution in [2.24, 2.45) is 5.92 Å². The van der Waals surface area contributed by atoms with Crippen molar-refractivity contribution in [3.05, 3.63) is 53.2 Å². The van der Waals surface area contributed by atoms with Crippen LogP contribution in [0.25, 0.3) is 0 Å². The summed E-state index contributed by atoms with van der Waals surface area (Å²) in [7, 11) is 0. The van der Waals surface area contributed by atoms with Crippen molar-refractivity contribution in [3.8, 4) is 0 Å². The number of carbonyl (C=O) groups is 1. The van der Waals surface area contributed by atoms with E-state index in [0.717, 1.165) is 24.5 Å². The van der Waals surface area contributed by atoms with Crippen LogP contribution in [0.1, 0.15) is 41.4 Å². The van der Waals surface area contributed by atoms with Gasteiger partial charge in [-0.15, -0.1) is 10.2 Å². The molecular formula is C19H24N4O. The normalized spacial score (nSPS) is 17.6. The van der Waals surface area contributed by atoms with Crippen LogP contribution in [0.15, 0.2) is 36.4 Å². The van der Waals surface area contributed by atoms with E-state index in [1.54, 1.807) is 6.07 Å². The second-order valence-electron chi connectivity index (χ2n) is 6.64. The average molecular weight is 324 g/mol. The van der Waals surface area contributed by atoms with Gasteiger partial charge < -0.3 is 10.2 Å². The monoisotopic (exact) mass is 324 g/mol. The summed E-state index contributed by atoms with van der Waals surface area (Å²) < 4.78 is 0. The molecule has 24 heavy (non-hydrogen) atoms. The molecule has 1 N–H and O–H groups in total. The number of nitrogens with zero attached hydrogens (tertiary/aromatic N) is 3. The molecule has 2 heterocycles. The van der Waals surface area contributed by atoms with Crippen molar-refractivity contribution in [1.29, 1.82) is 0 Å². The quantitative estimate of drug-likeness (QED) is 0.939. The first kappa shape index (κ1) is 16.4. The van der Waals surface area contributed by atoms with E-state index in [0.29, 0.717) is 18.2 Å². The van der Waals surface area contributed by atoms with Crippen molar-refractivity contribution >= 4 is 11.7 Å². The maximum atomic E-state index is 12.2. The molecule has 0 aliphatic carbocycles. The number of nitrogens with one attached hydrogen (secondary N) is 1. The maximum absolute atomic E-state index is 12.2. The Morgan fingerprint density at radius 3 is 2.67 bits per heavy atom. The number of anilines is 1. The molecular weight excluding hydrogens is 300 g/mol. The molecule has 1 atom stereocenters. The highest BCUT2D eigenvalue weighted by atomic mass is 16.1. The summed E-state index contributed by atoms with van der Waals surface area (Å²) in [4.78, 5) is 14.4. The van der Waals surface area contributed by atoms with Crippen LogP contribution >= 0.6 is 0 Å². The van der Waals surface area contributed by atoms with Gasteiger partial charge in [-0.1, -0.05) is 36.8 Å². The summed E-state index contributed by atoms with van der Waals surface area (Å²) in [5.41, 5.74) is 2.63. The molecule has 1 fully saturated rings. The van der Waals surface area contributed by atoms with Gasteiger partial charge in [0.25, 0.3) is 5.91 Å². The number of benzene rings is 1. The van der Waals surface area contributed by atoms with Crippen molar-refractivity contribution in [2.75, 3.05) is 18.0 Å². The number of carbonyl (C=O) groups excluding carboxylic acids is 1. The molecule has 5 nitrogen and oxygen atoms in total. The zero-order valence-corrected chi connectivity index (χ0v) is 14.3. The fourth-order valence-corrected chi connectivity index (χ4v) is 2.99. The molecule has 1 aromatic carbocycles. The van der Waals surface area contributed by atoms with Gasteiger partial charge in [0.05, 0.1) is 0 Å². The number of piperidine rings is 1. The van der Waals surface area contributed by atoms with Crippen LogP contribution < -0.4 is 10.2 Å². The molecule has 1 aromatic heterocycles. The molecule has 0 bridgehead atoms. The fraction of sp³-hybridized carbons (Fsp3) is 0.421. The Kier molecular flexibility index (Phi) is 5.08. The van der Waals surface area contributed by atoms with Crippen LogP contribution in [0, 0.1) is 12.8 Å². The standard InChI is InChI=1S/C19H24N4O/c1-14-5-7-16(8-6-14)12-20-19(24)17-9-10-18(22-21-17)23-11-3-4-15(2)13-23/h5-10,15H,3-4,11-13H2,1-2H3,(H,20,24). The number of aryl methyl sites for hydroxylation is 1.